The maximum absolute atomic E-state index is 11.6. The molecule has 1 aromatic rings. The summed E-state index contributed by atoms with van der Waals surface area (Å²) in [4.78, 5) is 11.6. The normalized spacial score (nSPS) is 17.4. The van der Waals surface area contributed by atoms with Gasteiger partial charge in [0.2, 0.25) is 0 Å². The van der Waals surface area contributed by atoms with Gasteiger partial charge in [0.1, 0.15) is 5.60 Å². The van der Waals surface area contributed by atoms with Crippen LogP contribution in [-0.2, 0) is 31.2 Å². The number of carbonyl (C=O) groups is 1. The smallest absolute Gasteiger partial charge is 0.339 e. The van der Waals surface area contributed by atoms with Crippen molar-refractivity contribution >= 4 is 16.1 Å². The van der Waals surface area contributed by atoms with Crippen molar-refractivity contribution in [1.82, 2.24) is 0 Å². The molecule has 0 fully saturated rings. The van der Waals surface area contributed by atoms with Crippen LogP contribution in [0.3, 0.4) is 0 Å². The van der Waals surface area contributed by atoms with Crippen molar-refractivity contribution in [1.29, 1.82) is 0 Å². The second-order valence-corrected chi connectivity index (χ2v) is 6.39. The number of ether oxygens (including phenoxy) is 1. The van der Waals surface area contributed by atoms with E-state index < -0.39 is 15.7 Å². The zero-order valence-corrected chi connectivity index (χ0v) is 11.2. The Kier molecular flexibility index (Phi) is 2.95. The molecule has 0 spiro atoms. The third kappa shape index (κ3) is 2.54. The molecule has 1 aromatic carbocycles. The predicted octanol–water partition coefficient (Wildman–Crippen LogP) is 1.57. The van der Waals surface area contributed by atoms with Gasteiger partial charge in [-0.3, -0.25) is 4.18 Å². The van der Waals surface area contributed by atoms with Gasteiger partial charge >= 0.3 is 5.97 Å². The Morgan fingerprint density at radius 2 is 2.00 bits per heavy atom. The van der Waals surface area contributed by atoms with E-state index in [4.69, 9.17) is 8.92 Å². The number of esters is 1. The number of cyclic esters (lactones) is 1. The quantitative estimate of drug-likeness (QED) is 0.616. The molecule has 0 amide bonds. The van der Waals surface area contributed by atoms with E-state index in [0.717, 1.165) is 11.8 Å². The first-order valence-electron chi connectivity index (χ1n) is 5.40. The summed E-state index contributed by atoms with van der Waals surface area (Å²) in [6, 6.07) is 5.03. The van der Waals surface area contributed by atoms with Gasteiger partial charge in [-0.2, -0.15) is 8.42 Å². The molecule has 0 bridgehead atoms. The topological polar surface area (TPSA) is 69.7 Å². The maximum atomic E-state index is 11.6. The van der Waals surface area contributed by atoms with Gasteiger partial charge in [-0.1, -0.05) is 6.07 Å². The van der Waals surface area contributed by atoms with Crippen LogP contribution in [0.2, 0.25) is 0 Å². The van der Waals surface area contributed by atoms with E-state index in [1.165, 1.54) is 0 Å². The standard InChI is InChI=1S/C12H14O5S/c1-12(2)10-6-8(7-16-18(3,14)15)4-5-9(10)11(13)17-12/h4-6H,7H2,1-3H3. The zero-order valence-electron chi connectivity index (χ0n) is 10.4. The van der Waals surface area contributed by atoms with Crippen LogP contribution >= 0.6 is 0 Å². The maximum Gasteiger partial charge on any atom is 0.339 e. The highest BCUT2D eigenvalue weighted by atomic mass is 32.2. The molecule has 0 aromatic heterocycles. The van der Waals surface area contributed by atoms with Gasteiger partial charge in [0.05, 0.1) is 18.4 Å². The lowest BCUT2D eigenvalue weighted by Gasteiger charge is -2.17. The summed E-state index contributed by atoms with van der Waals surface area (Å²) in [5.41, 5.74) is 1.27. The summed E-state index contributed by atoms with van der Waals surface area (Å²) in [7, 11) is -3.47. The highest BCUT2D eigenvalue weighted by molar-refractivity contribution is 7.85. The van der Waals surface area contributed by atoms with Crippen LogP contribution in [0, 0.1) is 0 Å². The lowest BCUT2D eigenvalue weighted by molar-refractivity contribution is 0.00952. The van der Waals surface area contributed by atoms with Gasteiger partial charge in [-0.25, -0.2) is 4.79 Å². The Balaban J connectivity index is 2.31. The van der Waals surface area contributed by atoms with E-state index in [-0.39, 0.29) is 12.6 Å². The molecule has 18 heavy (non-hydrogen) atoms. The fourth-order valence-corrected chi connectivity index (χ4v) is 2.22. The first-order chi connectivity index (χ1) is 8.19. The van der Waals surface area contributed by atoms with Gasteiger partial charge in [0.15, 0.2) is 0 Å². The minimum absolute atomic E-state index is 0.0453. The molecular formula is C12H14O5S. The molecule has 2 rings (SSSR count). The van der Waals surface area contributed by atoms with Crippen LogP contribution in [0.5, 0.6) is 0 Å². The van der Waals surface area contributed by atoms with Gasteiger partial charge < -0.3 is 4.74 Å². The van der Waals surface area contributed by atoms with Crippen LogP contribution in [0.1, 0.15) is 35.3 Å². The predicted molar refractivity (Wildman–Crippen MR) is 64.5 cm³/mol. The Hall–Kier alpha value is -1.40. The number of hydrogen-bond acceptors (Lipinski definition) is 5. The van der Waals surface area contributed by atoms with Crippen LogP contribution in [0.25, 0.3) is 0 Å². The van der Waals surface area contributed by atoms with Crippen molar-refractivity contribution in [3.8, 4) is 0 Å². The molecule has 5 nitrogen and oxygen atoms in total. The summed E-state index contributed by atoms with van der Waals surface area (Å²) in [5, 5.41) is 0. The second kappa shape index (κ2) is 4.07. The van der Waals surface area contributed by atoms with E-state index in [1.54, 1.807) is 32.0 Å². The molecular weight excluding hydrogens is 256 g/mol. The minimum atomic E-state index is -3.47. The summed E-state index contributed by atoms with van der Waals surface area (Å²) >= 11 is 0. The molecule has 0 aliphatic carbocycles. The molecule has 0 saturated heterocycles. The Bertz CT molecular complexity index is 601. The van der Waals surface area contributed by atoms with Gasteiger partial charge in [-0.15, -0.1) is 0 Å². The first-order valence-corrected chi connectivity index (χ1v) is 7.22. The van der Waals surface area contributed by atoms with Crippen LogP contribution in [0.4, 0.5) is 0 Å². The second-order valence-electron chi connectivity index (χ2n) is 4.75. The van der Waals surface area contributed by atoms with E-state index >= 15 is 0 Å². The highest BCUT2D eigenvalue weighted by Gasteiger charge is 2.37. The molecule has 0 saturated carbocycles. The molecule has 1 aliphatic rings. The largest absolute Gasteiger partial charge is 0.451 e. The number of carbonyl (C=O) groups excluding carboxylic acids is 1. The summed E-state index contributed by atoms with van der Waals surface area (Å²) < 4.78 is 31.8. The highest BCUT2D eigenvalue weighted by Crippen LogP contribution is 2.36. The van der Waals surface area contributed by atoms with E-state index in [9.17, 15) is 13.2 Å². The average molecular weight is 270 g/mol. The molecule has 1 aliphatic heterocycles. The summed E-state index contributed by atoms with van der Waals surface area (Å²) in [5.74, 6) is -0.356. The van der Waals surface area contributed by atoms with Crippen molar-refractivity contribution in [2.75, 3.05) is 6.26 Å². The molecule has 0 atom stereocenters. The van der Waals surface area contributed by atoms with E-state index in [2.05, 4.69) is 0 Å². The van der Waals surface area contributed by atoms with Gasteiger partial charge in [-0.05, 0) is 31.5 Å². The fourth-order valence-electron chi connectivity index (χ4n) is 1.87. The average Bonchev–Trinajstić information content (AvgIpc) is 2.46. The van der Waals surface area contributed by atoms with Gasteiger partial charge in [0.25, 0.3) is 10.1 Å². The zero-order chi connectivity index (χ0) is 13.6. The number of hydrogen-bond donors (Lipinski definition) is 0. The van der Waals surface area contributed by atoms with Crippen molar-refractivity contribution in [2.45, 2.75) is 26.1 Å². The molecule has 98 valence electrons. The molecule has 1 heterocycles. The Morgan fingerprint density at radius 1 is 1.33 bits per heavy atom. The number of benzene rings is 1. The van der Waals surface area contributed by atoms with Crippen LogP contribution in [-0.4, -0.2) is 20.6 Å². The molecule has 0 N–H and O–H groups in total. The number of rotatable bonds is 3. The summed E-state index contributed by atoms with van der Waals surface area (Å²) in [6.45, 7) is 3.53. The fraction of sp³-hybridized carbons (Fsp3) is 0.417. The van der Waals surface area contributed by atoms with Crippen molar-refractivity contribution in [3.63, 3.8) is 0 Å². The van der Waals surface area contributed by atoms with Crippen LogP contribution in [0.15, 0.2) is 18.2 Å². The monoisotopic (exact) mass is 270 g/mol. The SMILES string of the molecule is CC1(C)OC(=O)c2ccc(COS(C)(=O)=O)cc21. The van der Waals surface area contributed by atoms with E-state index in [0.29, 0.717) is 11.1 Å². The Morgan fingerprint density at radius 3 is 2.61 bits per heavy atom. The molecule has 0 unspecified atom stereocenters. The third-order valence-corrected chi connectivity index (χ3v) is 3.29. The lowest BCUT2D eigenvalue weighted by Crippen LogP contribution is -2.16. The van der Waals surface area contributed by atoms with E-state index in [1.807, 2.05) is 0 Å². The first kappa shape index (κ1) is 13.0. The molecule has 6 heteroatoms. The lowest BCUT2D eigenvalue weighted by atomic mass is 9.94. The van der Waals surface area contributed by atoms with Crippen molar-refractivity contribution in [3.05, 3.63) is 34.9 Å². The van der Waals surface area contributed by atoms with Gasteiger partial charge in [0, 0.05) is 5.56 Å². The third-order valence-electron chi connectivity index (χ3n) is 2.74. The Labute approximate surface area is 106 Å². The van der Waals surface area contributed by atoms with Crippen molar-refractivity contribution < 1.29 is 22.1 Å². The number of fused-ring (bicyclic) bond motifs is 1. The van der Waals surface area contributed by atoms with Crippen LogP contribution < -0.4 is 0 Å². The summed E-state index contributed by atoms with van der Waals surface area (Å²) in [6.07, 6.45) is 0.997. The molecule has 0 radical (unpaired) electrons. The minimum Gasteiger partial charge on any atom is -0.451 e. The van der Waals surface area contributed by atoms with Crippen molar-refractivity contribution in [2.24, 2.45) is 0 Å².